The van der Waals surface area contributed by atoms with Crippen molar-refractivity contribution in [1.29, 1.82) is 0 Å². The molecule has 0 spiro atoms. The van der Waals surface area contributed by atoms with Gasteiger partial charge in [-0.15, -0.1) is 0 Å². The van der Waals surface area contributed by atoms with E-state index in [1.807, 2.05) is 0 Å². The number of hydrogen-bond donors (Lipinski definition) is 1. The van der Waals surface area contributed by atoms with E-state index >= 15 is 0 Å². The first-order chi connectivity index (χ1) is 8.98. The van der Waals surface area contributed by atoms with Crippen molar-refractivity contribution in [1.82, 2.24) is 10.2 Å². The minimum absolute atomic E-state index is 0.0101. The van der Waals surface area contributed by atoms with E-state index in [1.54, 1.807) is 6.07 Å². The summed E-state index contributed by atoms with van der Waals surface area (Å²) < 4.78 is 38.6. The van der Waals surface area contributed by atoms with Crippen molar-refractivity contribution in [3.63, 3.8) is 0 Å². The van der Waals surface area contributed by atoms with Crippen LogP contribution in [0, 0.1) is 0 Å². The fourth-order valence-electron chi connectivity index (χ4n) is 2.13. The predicted octanol–water partition coefficient (Wildman–Crippen LogP) is 2.03. The van der Waals surface area contributed by atoms with E-state index in [2.05, 4.69) is 5.32 Å². The van der Waals surface area contributed by atoms with Gasteiger partial charge in [-0.05, 0) is 24.6 Å². The summed E-state index contributed by atoms with van der Waals surface area (Å²) in [5.74, 6) is -0.158. The molecule has 19 heavy (non-hydrogen) atoms. The quantitative estimate of drug-likeness (QED) is 0.893. The highest BCUT2D eigenvalue weighted by atomic mass is 19.4. The topological polar surface area (TPSA) is 32.3 Å². The Balaban J connectivity index is 2.20. The molecule has 1 aromatic carbocycles. The monoisotopic (exact) mass is 272 g/mol. The molecule has 1 N–H and O–H groups in total. The molecule has 0 unspecified atom stereocenters. The highest BCUT2D eigenvalue weighted by Crippen LogP contribution is 2.32. The summed E-state index contributed by atoms with van der Waals surface area (Å²) in [6, 6.07) is 5.40. The van der Waals surface area contributed by atoms with Gasteiger partial charge in [0.2, 0.25) is 5.91 Å². The van der Waals surface area contributed by atoms with E-state index in [0.29, 0.717) is 13.1 Å². The lowest BCUT2D eigenvalue weighted by atomic mass is 10.1. The number of amides is 1. The molecule has 6 heteroatoms. The maximum Gasteiger partial charge on any atom is 0.416 e. The summed E-state index contributed by atoms with van der Waals surface area (Å²) in [5.41, 5.74) is -0.523. The van der Waals surface area contributed by atoms with Crippen molar-refractivity contribution >= 4 is 5.91 Å². The third-order valence-electron chi connectivity index (χ3n) is 3.09. The molecule has 3 nitrogen and oxygen atoms in total. The maximum atomic E-state index is 12.9. The van der Waals surface area contributed by atoms with E-state index in [0.717, 1.165) is 12.5 Å². The number of nitrogens with one attached hydrogen (secondary N) is 1. The molecule has 2 rings (SSSR count). The lowest BCUT2D eigenvalue weighted by Gasteiger charge is -2.22. The first-order valence-electron chi connectivity index (χ1n) is 6.12. The largest absolute Gasteiger partial charge is 0.416 e. The molecule has 1 aromatic rings. The van der Waals surface area contributed by atoms with E-state index in [4.69, 9.17) is 0 Å². The van der Waals surface area contributed by atoms with Crippen LogP contribution in [0.25, 0.3) is 0 Å². The fraction of sp³-hybridized carbons (Fsp3) is 0.462. The Labute approximate surface area is 109 Å². The van der Waals surface area contributed by atoms with Gasteiger partial charge in [0, 0.05) is 13.1 Å². The standard InChI is InChI=1S/C13H15F3N2O/c14-13(15,16)11-5-2-1-4-10(11)9-18-7-3-6-17-8-12(18)19/h1-2,4-5,17H,3,6-9H2. The lowest BCUT2D eigenvalue weighted by molar-refractivity contribution is -0.139. The first kappa shape index (κ1) is 13.9. The predicted molar refractivity (Wildman–Crippen MR) is 64.3 cm³/mol. The van der Waals surface area contributed by atoms with E-state index < -0.39 is 11.7 Å². The van der Waals surface area contributed by atoms with Gasteiger partial charge < -0.3 is 10.2 Å². The Morgan fingerprint density at radius 2 is 2.00 bits per heavy atom. The number of carbonyl (C=O) groups excluding carboxylic acids is 1. The Hall–Kier alpha value is -1.56. The summed E-state index contributed by atoms with van der Waals surface area (Å²) in [6.07, 6.45) is -3.64. The molecule has 1 amide bonds. The zero-order valence-corrected chi connectivity index (χ0v) is 10.3. The van der Waals surface area contributed by atoms with Crippen molar-refractivity contribution in [2.75, 3.05) is 19.6 Å². The van der Waals surface area contributed by atoms with Gasteiger partial charge in [0.05, 0.1) is 12.1 Å². The van der Waals surface area contributed by atoms with Crippen molar-refractivity contribution in [3.8, 4) is 0 Å². The third-order valence-corrected chi connectivity index (χ3v) is 3.09. The van der Waals surface area contributed by atoms with Crippen LogP contribution in [0.4, 0.5) is 13.2 Å². The van der Waals surface area contributed by atoms with Crippen LogP contribution in [0.3, 0.4) is 0 Å². The average molecular weight is 272 g/mol. The highest BCUT2D eigenvalue weighted by molar-refractivity contribution is 5.78. The van der Waals surface area contributed by atoms with Crippen LogP contribution >= 0.6 is 0 Å². The molecule has 1 saturated heterocycles. The molecule has 0 radical (unpaired) electrons. The number of carbonyl (C=O) groups is 1. The number of hydrogen-bond acceptors (Lipinski definition) is 2. The molecule has 1 aliphatic rings. The molecule has 0 aromatic heterocycles. The lowest BCUT2D eigenvalue weighted by Crippen LogP contribution is -2.34. The van der Waals surface area contributed by atoms with Crippen LogP contribution in [0.15, 0.2) is 24.3 Å². The Kier molecular flexibility index (Phi) is 4.09. The van der Waals surface area contributed by atoms with Gasteiger partial charge in [0.15, 0.2) is 0 Å². The summed E-state index contributed by atoms with van der Waals surface area (Å²) >= 11 is 0. The SMILES string of the molecule is O=C1CNCCCN1Cc1ccccc1C(F)(F)F. The molecular weight excluding hydrogens is 257 g/mol. The van der Waals surface area contributed by atoms with Crippen LogP contribution in [-0.4, -0.2) is 30.4 Å². The molecule has 1 fully saturated rings. The van der Waals surface area contributed by atoms with Gasteiger partial charge in [-0.1, -0.05) is 18.2 Å². The maximum absolute atomic E-state index is 12.9. The Bertz CT molecular complexity index is 459. The summed E-state index contributed by atoms with van der Waals surface area (Å²) in [5, 5.41) is 2.94. The second-order valence-corrected chi connectivity index (χ2v) is 4.50. The minimum Gasteiger partial charge on any atom is -0.337 e. The normalized spacial score (nSPS) is 17.4. The van der Waals surface area contributed by atoms with Gasteiger partial charge in [-0.3, -0.25) is 4.79 Å². The first-order valence-corrected chi connectivity index (χ1v) is 6.12. The molecule has 0 aliphatic carbocycles. The fourth-order valence-corrected chi connectivity index (χ4v) is 2.13. The second kappa shape index (κ2) is 5.61. The third kappa shape index (κ3) is 3.47. The Morgan fingerprint density at radius 1 is 1.26 bits per heavy atom. The van der Waals surface area contributed by atoms with Crippen LogP contribution < -0.4 is 5.32 Å². The summed E-state index contributed by atoms with van der Waals surface area (Å²) in [6.45, 7) is 1.39. The summed E-state index contributed by atoms with van der Waals surface area (Å²) in [4.78, 5) is 13.2. The summed E-state index contributed by atoms with van der Waals surface area (Å²) in [7, 11) is 0. The molecular formula is C13H15F3N2O. The zero-order chi connectivity index (χ0) is 13.9. The zero-order valence-electron chi connectivity index (χ0n) is 10.3. The van der Waals surface area contributed by atoms with E-state index in [1.165, 1.54) is 17.0 Å². The van der Waals surface area contributed by atoms with E-state index in [-0.39, 0.29) is 24.6 Å². The van der Waals surface area contributed by atoms with Crippen molar-refractivity contribution < 1.29 is 18.0 Å². The van der Waals surface area contributed by atoms with Gasteiger partial charge >= 0.3 is 6.18 Å². The van der Waals surface area contributed by atoms with Crippen molar-refractivity contribution in [2.24, 2.45) is 0 Å². The molecule has 0 saturated carbocycles. The minimum atomic E-state index is -4.39. The van der Waals surface area contributed by atoms with Crippen molar-refractivity contribution in [2.45, 2.75) is 19.1 Å². The molecule has 0 bridgehead atoms. The van der Waals surface area contributed by atoms with Gasteiger partial charge in [-0.25, -0.2) is 0 Å². The Morgan fingerprint density at radius 3 is 2.74 bits per heavy atom. The number of nitrogens with zero attached hydrogens (tertiary/aromatic N) is 1. The molecule has 1 aliphatic heterocycles. The van der Waals surface area contributed by atoms with Crippen LogP contribution in [-0.2, 0) is 17.5 Å². The smallest absolute Gasteiger partial charge is 0.337 e. The van der Waals surface area contributed by atoms with Crippen LogP contribution in [0.5, 0.6) is 0 Å². The van der Waals surface area contributed by atoms with Crippen molar-refractivity contribution in [3.05, 3.63) is 35.4 Å². The van der Waals surface area contributed by atoms with Crippen LogP contribution in [0.1, 0.15) is 17.5 Å². The van der Waals surface area contributed by atoms with Crippen LogP contribution in [0.2, 0.25) is 0 Å². The average Bonchev–Trinajstić information content (AvgIpc) is 2.54. The molecule has 1 heterocycles. The second-order valence-electron chi connectivity index (χ2n) is 4.50. The van der Waals surface area contributed by atoms with E-state index in [9.17, 15) is 18.0 Å². The number of halogens is 3. The van der Waals surface area contributed by atoms with Gasteiger partial charge in [0.25, 0.3) is 0 Å². The number of alkyl halides is 3. The number of benzene rings is 1. The molecule has 104 valence electrons. The van der Waals surface area contributed by atoms with Gasteiger partial charge in [0.1, 0.15) is 0 Å². The number of rotatable bonds is 2. The molecule has 0 atom stereocenters. The van der Waals surface area contributed by atoms with Gasteiger partial charge in [-0.2, -0.15) is 13.2 Å². The highest BCUT2D eigenvalue weighted by Gasteiger charge is 2.33.